The molecule has 3 rings (SSSR count). The third-order valence-corrected chi connectivity index (χ3v) is 5.23. The minimum atomic E-state index is -4.20. The van der Waals surface area contributed by atoms with E-state index in [9.17, 15) is 12.8 Å². The van der Waals surface area contributed by atoms with Gasteiger partial charge in [-0.05, 0) is 19.1 Å². The van der Waals surface area contributed by atoms with Crippen molar-refractivity contribution in [2.45, 2.75) is 16.7 Å². The fourth-order valence-corrected chi connectivity index (χ4v) is 3.98. The zero-order valence-corrected chi connectivity index (χ0v) is 12.8. The number of nitrogen functional groups attached to an aromatic ring is 1. The topological polar surface area (TPSA) is 102 Å². The Hall–Kier alpha value is -2.19. The minimum Gasteiger partial charge on any atom is -0.384 e. The average molecular weight is 341 g/mol. The van der Waals surface area contributed by atoms with Gasteiger partial charge < -0.3 is 10.7 Å². The van der Waals surface area contributed by atoms with Crippen molar-refractivity contribution in [2.24, 2.45) is 0 Å². The predicted octanol–water partition coefficient (Wildman–Crippen LogP) is 2.47. The van der Waals surface area contributed by atoms with E-state index in [0.717, 1.165) is 6.07 Å². The molecule has 0 atom stereocenters. The number of rotatable bonds is 2. The summed E-state index contributed by atoms with van der Waals surface area (Å²) in [5.74, 6) is -0.755. The summed E-state index contributed by atoms with van der Waals surface area (Å²) in [6, 6.07) is 5.05. The van der Waals surface area contributed by atoms with Crippen molar-refractivity contribution >= 4 is 38.3 Å². The molecule has 9 heteroatoms. The Labute approximate surface area is 130 Å². The molecule has 0 radical (unpaired) electrons. The summed E-state index contributed by atoms with van der Waals surface area (Å²) in [6.45, 7) is 1.56. The first-order valence-corrected chi connectivity index (χ1v) is 7.99. The number of nitrogens with zero attached hydrogens (tertiary/aromatic N) is 2. The fourth-order valence-electron chi connectivity index (χ4n) is 2.18. The largest absolute Gasteiger partial charge is 0.384 e. The van der Waals surface area contributed by atoms with E-state index in [1.54, 1.807) is 6.92 Å². The molecule has 2 aromatic heterocycles. The van der Waals surface area contributed by atoms with E-state index in [-0.39, 0.29) is 32.7 Å². The van der Waals surface area contributed by atoms with Crippen LogP contribution in [0.15, 0.2) is 34.1 Å². The molecule has 1 aromatic carbocycles. The third kappa shape index (κ3) is 2.11. The number of aromatic nitrogens is 3. The van der Waals surface area contributed by atoms with Crippen LogP contribution in [0.25, 0.3) is 11.0 Å². The molecule has 0 bridgehead atoms. The van der Waals surface area contributed by atoms with Gasteiger partial charge in [-0.25, -0.2) is 22.8 Å². The summed E-state index contributed by atoms with van der Waals surface area (Å²) >= 11 is 5.97. The van der Waals surface area contributed by atoms with Crippen LogP contribution < -0.4 is 5.73 Å². The molecule has 0 saturated heterocycles. The van der Waals surface area contributed by atoms with Crippen molar-refractivity contribution in [1.29, 1.82) is 0 Å². The number of hydrogen-bond acceptors (Lipinski definition) is 5. The molecule has 22 heavy (non-hydrogen) atoms. The maximum atomic E-state index is 13.9. The molecule has 0 spiro atoms. The lowest BCUT2D eigenvalue weighted by Crippen LogP contribution is -2.07. The smallest absolute Gasteiger partial charge is 0.215 e. The normalized spacial score (nSPS) is 12.0. The van der Waals surface area contributed by atoms with Crippen molar-refractivity contribution in [3.8, 4) is 0 Å². The molecule has 0 unspecified atom stereocenters. The summed E-state index contributed by atoms with van der Waals surface area (Å²) in [5.41, 5.74) is 6.00. The van der Waals surface area contributed by atoms with Gasteiger partial charge in [0.25, 0.3) is 0 Å². The maximum absolute atomic E-state index is 13.9. The molecule has 6 nitrogen and oxygen atoms in total. The zero-order chi connectivity index (χ0) is 16.1. The van der Waals surface area contributed by atoms with Crippen LogP contribution in [0.2, 0.25) is 5.15 Å². The third-order valence-electron chi connectivity index (χ3n) is 3.09. The quantitative estimate of drug-likeness (QED) is 0.698. The first-order chi connectivity index (χ1) is 10.3. The van der Waals surface area contributed by atoms with Crippen molar-refractivity contribution in [2.75, 3.05) is 5.73 Å². The standard InChI is InChI=1S/C13H10ClFN4O2S/c1-6-17-9-10(12(14)18-6)19-13(16)11(9)22(20,21)8-5-3-2-4-7(8)15/h2-5,19H,16H2,1H3. The molecule has 0 saturated carbocycles. The van der Waals surface area contributed by atoms with Crippen LogP contribution in [0, 0.1) is 12.7 Å². The predicted molar refractivity (Wildman–Crippen MR) is 79.9 cm³/mol. The first kappa shape index (κ1) is 14.7. The Morgan fingerprint density at radius 2 is 1.95 bits per heavy atom. The number of halogens is 2. The van der Waals surface area contributed by atoms with Gasteiger partial charge in [0.15, 0.2) is 5.15 Å². The van der Waals surface area contributed by atoms with E-state index in [2.05, 4.69) is 15.0 Å². The summed E-state index contributed by atoms with van der Waals surface area (Å²) in [5, 5.41) is 0.0455. The molecule has 0 aliphatic heterocycles. The number of H-pyrrole nitrogens is 1. The average Bonchev–Trinajstić information content (AvgIpc) is 2.76. The number of fused-ring (bicyclic) bond motifs is 1. The maximum Gasteiger partial charge on any atom is 0.215 e. The van der Waals surface area contributed by atoms with E-state index in [4.69, 9.17) is 17.3 Å². The van der Waals surface area contributed by atoms with E-state index >= 15 is 0 Å². The van der Waals surface area contributed by atoms with Gasteiger partial charge >= 0.3 is 0 Å². The minimum absolute atomic E-state index is 0.0400. The number of benzene rings is 1. The van der Waals surface area contributed by atoms with Crippen LogP contribution in [-0.4, -0.2) is 23.4 Å². The lowest BCUT2D eigenvalue weighted by Gasteiger charge is -2.05. The van der Waals surface area contributed by atoms with Crippen LogP contribution in [-0.2, 0) is 9.84 Å². The van der Waals surface area contributed by atoms with Crippen molar-refractivity contribution in [1.82, 2.24) is 15.0 Å². The highest BCUT2D eigenvalue weighted by Gasteiger charge is 2.29. The highest BCUT2D eigenvalue weighted by Crippen LogP contribution is 2.35. The molecular formula is C13H10ClFN4O2S. The SMILES string of the molecule is Cc1nc(Cl)c2[nH]c(N)c(S(=O)(=O)c3ccccc3F)c2n1. The van der Waals surface area contributed by atoms with Crippen LogP contribution in [0.5, 0.6) is 0 Å². The van der Waals surface area contributed by atoms with Gasteiger partial charge in [-0.15, -0.1) is 0 Å². The Morgan fingerprint density at radius 3 is 2.64 bits per heavy atom. The second-order valence-electron chi connectivity index (χ2n) is 4.59. The fraction of sp³-hybridized carbons (Fsp3) is 0.0769. The summed E-state index contributed by atoms with van der Waals surface area (Å²) in [4.78, 5) is 9.85. The van der Waals surface area contributed by atoms with Crippen LogP contribution in [0.1, 0.15) is 5.82 Å². The van der Waals surface area contributed by atoms with Gasteiger partial charge in [-0.2, -0.15) is 0 Å². The second kappa shape index (κ2) is 4.92. The monoisotopic (exact) mass is 340 g/mol. The Bertz CT molecular complexity index is 1000. The first-order valence-electron chi connectivity index (χ1n) is 6.13. The van der Waals surface area contributed by atoms with E-state index in [0.29, 0.717) is 0 Å². The van der Waals surface area contributed by atoms with Gasteiger partial charge in [0.05, 0.1) is 0 Å². The highest BCUT2D eigenvalue weighted by atomic mass is 35.5. The molecule has 0 fully saturated rings. The number of anilines is 1. The van der Waals surface area contributed by atoms with Crippen LogP contribution in [0.3, 0.4) is 0 Å². The van der Waals surface area contributed by atoms with Crippen molar-refractivity contribution in [3.63, 3.8) is 0 Å². The van der Waals surface area contributed by atoms with Gasteiger partial charge in [0, 0.05) is 0 Å². The zero-order valence-electron chi connectivity index (χ0n) is 11.3. The number of nitrogens with one attached hydrogen (secondary N) is 1. The molecule has 0 aliphatic rings. The summed E-state index contributed by atoms with van der Waals surface area (Å²) < 4.78 is 39.3. The molecule has 0 aliphatic carbocycles. The number of sulfone groups is 1. The molecule has 3 aromatic rings. The summed E-state index contributed by atoms with van der Waals surface area (Å²) in [6.07, 6.45) is 0. The molecule has 2 heterocycles. The van der Waals surface area contributed by atoms with Gasteiger partial charge in [0.1, 0.15) is 38.3 Å². The molecule has 114 valence electrons. The van der Waals surface area contributed by atoms with Gasteiger partial charge in [0.2, 0.25) is 9.84 Å². The van der Waals surface area contributed by atoms with E-state index < -0.39 is 20.5 Å². The van der Waals surface area contributed by atoms with E-state index in [1.807, 2.05) is 0 Å². The number of hydrogen-bond donors (Lipinski definition) is 2. The van der Waals surface area contributed by atoms with E-state index in [1.165, 1.54) is 18.2 Å². The number of nitrogens with two attached hydrogens (primary N) is 1. The molecule has 0 amide bonds. The number of aryl methyl sites for hydroxylation is 1. The van der Waals surface area contributed by atoms with Gasteiger partial charge in [-0.1, -0.05) is 23.7 Å². The van der Waals surface area contributed by atoms with Crippen LogP contribution in [0.4, 0.5) is 10.2 Å². The Balaban J connectivity index is 2.40. The molecular weight excluding hydrogens is 331 g/mol. The summed E-state index contributed by atoms with van der Waals surface area (Å²) in [7, 11) is -4.20. The van der Waals surface area contributed by atoms with Crippen molar-refractivity contribution in [3.05, 3.63) is 41.1 Å². The lowest BCUT2D eigenvalue weighted by molar-refractivity contribution is 0.567. The molecule has 3 N–H and O–H groups in total. The Morgan fingerprint density at radius 1 is 1.27 bits per heavy atom. The van der Waals surface area contributed by atoms with Gasteiger partial charge in [-0.3, -0.25) is 0 Å². The number of aromatic amines is 1. The van der Waals surface area contributed by atoms with Crippen LogP contribution >= 0.6 is 11.6 Å². The second-order valence-corrected chi connectivity index (χ2v) is 6.80. The Kier molecular flexibility index (Phi) is 3.30. The highest BCUT2D eigenvalue weighted by molar-refractivity contribution is 7.92. The van der Waals surface area contributed by atoms with Crippen molar-refractivity contribution < 1.29 is 12.8 Å². The lowest BCUT2D eigenvalue weighted by atomic mass is 10.3.